The Bertz CT molecular complexity index is 455. The topological polar surface area (TPSA) is 82.8 Å². The molecule has 2 rings (SSSR count). The number of halogens is 1. The van der Waals surface area contributed by atoms with Gasteiger partial charge in [-0.15, -0.1) is 21.5 Å². The summed E-state index contributed by atoms with van der Waals surface area (Å²) in [6.45, 7) is 2.00. The quantitative estimate of drug-likeness (QED) is 0.769. The Morgan fingerprint density at radius 2 is 2.21 bits per heavy atom. The molecule has 0 aliphatic heterocycles. The Kier molecular flexibility index (Phi) is 2.20. The summed E-state index contributed by atoms with van der Waals surface area (Å²) in [7, 11) is 0. The first-order valence-electron chi connectivity index (χ1n) is 3.82. The van der Waals surface area contributed by atoms with Gasteiger partial charge >= 0.3 is 0 Å². The zero-order valence-corrected chi connectivity index (χ0v) is 9.76. The van der Waals surface area contributed by atoms with E-state index in [4.69, 9.17) is 11.6 Å². The van der Waals surface area contributed by atoms with Crippen LogP contribution in [0.1, 0.15) is 5.56 Å². The molecule has 0 aliphatic rings. The Balaban J connectivity index is 2.54. The molecule has 0 saturated heterocycles. The van der Waals surface area contributed by atoms with Crippen LogP contribution >= 0.6 is 27.3 Å². The van der Waals surface area contributed by atoms with Gasteiger partial charge in [0, 0.05) is 0 Å². The highest BCUT2D eigenvalue weighted by Crippen LogP contribution is 2.33. The van der Waals surface area contributed by atoms with Gasteiger partial charge in [-0.2, -0.15) is 0 Å². The molecule has 0 bridgehead atoms. The number of aryl methyl sites for hydroxylation is 1. The maximum absolute atomic E-state index is 5.65. The second kappa shape index (κ2) is 3.25. The van der Waals surface area contributed by atoms with Gasteiger partial charge < -0.3 is 11.6 Å². The van der Waals surface area contributed by atoms with Crippen LogP contribution in [0, 0.1) is 6.92 Å². The van der Waals surface area contributed by atoms with E-state index in [2.05, 4.69) is 26.1 Å². The van der Waals surface area contributed by atoms with Gasteiger partial charge in [0.15, 0.2) is 5.82 Å². The van der Waals surface area contributed by atoms with Crippen LogP contribution in [-0.4, -0.2) is 14.9 Å². The van der Waals surface area contributed by atoms with E-state index >= 15 is 0 Å². The van der Waals surface area contributed by atoms with Gasteiger partial charge in [0.1, 0.15) is 0 Å². The van der Waals surface area contributed by atoms with E-state index in [0.717, 1.165) is 14.2 Å². The van der Waals surface area contributed by atoms with Crippen molar-refractivity contribution in [3.05, 3.63) is 15.4 Å². The normalized spacial score (nSPS) is 10.7. The van der Waals surface area contributed by atoms with Crippen molar-refractivity contribution in [3.8, 4) is 10.7 Å². The van der Waals surface area contributed by atoms with Crippen LogP contribution in [0.25, 0.3) is 10.7 Å². The number of hydrogen-bond acceptors (Lipinski definition) is 5. The molecule has 2 aromatic heterocycles. The van der Waals surface area contributed by atoms with E-state index in [1.807, 2.05) is 13.0 Å². The summed E-state index contributed by atoms with van der Waals surface area (Å²) in [6.07, 6.45) is 0. The Labute approximate surface area is 92.8 Å². The number of nitrogens with two attached hydrogens (primary N) is 2. The number of rotatable bonds is 1. The Morgan fingerprint density at radius 3 is 2.64 bits per heavy atom. The molecule has 5 nitrogen and oxygen atoms in total. The lowest BCUT2D eigenvalue weighted by Crippen LogP contribution is -2.12. The molecule has 74 valence electrons. The summed E-state index contributed by atoms with van der Waals surface area (Å²) >= 11 is 4.99. The number of aromatic nitrogens is 3. The molecule has 14 heavy (non-hydrogen) atoms. The first kappa shape index (κ1) is 9.47. The SMILES string of the molecule is Cc1cc(-c2nnc(N)n2N)sc1Br. The minimum absolute atomic E-state index is 0.210. The third kappa shape index (κ3) is 1.38. The molecule has 0 unspecified atom stereocenters. The molecule has 0 aromatic carbocycles. The van der Waals surface area contributed by atoms with Crippen molar-refractivity contribution in [1.82, 2.24) is 14.9 Å². The van der Waals surface area contributed by atoms with E-state index in [-0.39, 0.29) is 5.95 Å². The zero-order valence-electron chi connectivity index (χ0n) is 7.36. The number of hydrogen-bond donors (Lipinski definition) is 2. The highest BCUT2D eigenvalue weighted by atomic mass is 79.9. The maximum atomic E-state index is 5.65. The summed E-state index contributed by atoms with van der Waals surface area (Å²) in [6, 6.07) is 1.99. The van der Waals surface area contributed by atoms with Crippen LogP contribution in [0.15, 0.2) is 9.85 Å². The number of thiophene rings is 1. The molecular formula is C7H8BrN5S. The second-order valence-corrected chi connectivity index (χ2v) is 5.19. The molecule has 0 atom stereocenters. The predicted molar refractivity (Wildman–Crippen MR) is 60.3 cm³/mol. The molecule has 0 radical (unpaired) electrons. The molecule has 7 heteroatoms. The first-order chi connectivity index (χ1) is 6.59. The van der Waals surface area contributed by atoms with Gasteiger partial charge in [-0.25, -0.2) is 4.68 Å². The third-order valence-corrected chi connectivity index (χ3v) is 3.93. The van der Waals surface area contributed by atoms with Gasteiger partial charge in [0.05, 0.1) is 8.66 Å². The van der Waals surface area contributed by atoms with Gasteiger partial charge in [0.25, 0.3) is 0 Å². The van der Waals surface area contributed by atoms with E-state index < -0.39 is 0 Å². The van der Waals surface area contributed by atoms with Crippen molar-refractivity contribution in [2.24, 2.45) is 0 Å². The summed E-state index contributed by atoms with van der Waals surface area (Å²) in [5, 5.41) is 7.58. The lowest BCUT2D eigenvalue weighted by Gasteiger charge is -1.96. The number of anilines is 1. The molecule has 2 heterocycles. The summed E-state index contributed by atoms with van der Waals surface area (Å²) < 4.78 is 2.34. The predicted octanol–water partition coefficient (Wildman–Crippen LogP) is 1.37. The minimum atomic E-state index is 0.210. The van der Waals surface area contributed by atoms with Crippen molar-refractivity contribution in [1.29, 1.82) is 0 Å². The molecule has 0 amide bonds. The fourth-order valence-corrected chi connectivity index (χ4v) is 2.56. The Hall–Kier alpha value is -1.08. The minimum Gasteiger partial charge on any atom is -0.366 e. The Morgan fingerprint density at radius 1 is 1.50 bits per heavy atom. The smallest absolute Gasteiger partial charge is 0.241 e. The lowest BCUT2D eigenvalue weighted by molar-refractivity contribution is 1.03. The van der Waals surface area contributed by atoms with E-state index in [9.17, 15) is 0 Å². The fourth-order valence-electron chi connectivity index (χ4n) is 1.04. The fraction of sp³-hybridized carbons (Fsp3) is 0.143. The zero-order chi connectivity index (χ0) is 10.3. The third-order valence-electron chi connectivity index (χ3n) is 1.80. The molecule has 0 aliphatic carbocycles. The molecule has 0 saturated carbocycles. The lowest BCUT2D eigenvalue weighted by atomic mass is 10.3. The summed E-state index contributed by atoms with van der Waals surface area (Å²) in [5.41, 5.74) is 6.63. The number of nitrogens with zero attached hydrogens (tertiary/aromatic N) is 3. The van der Waals surface area contributed by atoms with Crippen LogP contribution in [0.5, 0.6) is 0 Å². The van der Waals surface area contributed by atoms with Crippen LogP contribution < -0.4 is 11.6 Å². The largest absolute Gasteiger partial charge is 0.366 e. The van der Waals surface area contributed by atoms with Gasteiger partial charge in [0.2, 0.25) is 5.95 Å². The highest BCUT2D eigenvalue weighted by molar-refractivity contribution is 9.11. The molecule has 0 fully saturated rings. The van der Waals surface area contributed by atoms with Crippen molar-refractivity contribution >= 4 is 33.2 Å². The van der Waals surface area contributed by atoms with Gasteiger partial charge in [-0.1, -0.05) is 0 Å². The van der Waals surface area contributed by atoms with Gasteiger partial charge in [-0.05, 0) is 34.5 Å². The van der Waals surface area contributed by atoms with Crippen molar-refractivity contribution in [2.45, 2.75) is 6.92 Å². The van der Waals surface area contributed by atoms with Crippen LogP contribution in [0.3, 0.4) is 0 Å². The molecule has 0 spiro atoms. The molecule has 4 N–H and O–H groups in total. The van der Waals surface area contributed by atoms with Crippen LogP contribution in [0.2, 0.25) is 0 Å². The van der Waals surface area contributed by atoms with Gasteiger partial charge in [-0.3, -0.25) is 0 Å². The van der Waals surface area contributed by atoms with E-state index in [1.165, 1.54) is 4.68 Å². The van der Waals surface area contributed by atoms with Crippen LogP contribution in [0.4, 0.5) is 5.95 Å². The average Bonchev–Trinajstić information content (AvgIpc) is 2.61. The van der Waals surface area contributed by atoms with E-state index in [1.54, 1.807) is 11.3 Å². The average molecular weight is 274 g/mol. The maximum Gasteiger partial charge on any atom is 0.241 e. The summed E-state index contributed by atoms with van der Waals surface area (Å²) in [4.78, 5) is 0.945. The standard InChI is InChI=1S/C7H8BrN5S/c1-3-2-4(14-5(3)8)6-11-12-7(9)13(6)10/h2H,10H2,1H3,(H2,9,12). The van der Waals surface area contributed by atoms with Crippen molar-refractivity contribution < 1.29 is 0 Å². The summed E-state index contributed by atoms with van der Waals surface area (Å²) in [5.74, 6) is 6.45. The first-order valence-corrected chi connectivity index (χ1v) is 5.43. The van der Waals surface area contributed by atoms with Crippen molar-refractivity contribution in [3.63, 3.8) is 0 Å². The molecule has 2 aromatic rings. The molecular weight excluding hydrogens is 266 g/mol. The van der Waals surface area contributed by atoms with E-state index in [0.29, 0.717) is 5.82 Å². The number of nitrogen functional groups attached to an aromatic ring is 2. The van der Waals surface area contributed by atoms with Crippen LogP contribution in [-0.2, 0) is 0 Å². The highest BCUT2D eigenvalue weighted by Gasteiger charge is 2.12. The monoisotopic (exact) mass is 273 g/mol. The van der Waals surface area contributed by atoms with Crippen molar-refractivity contribution in [2.75, 3.05) is 11.6 Å². The second-order valence-electron chi connectivity index (χ2n) is 2.82.